The number of aromatic amines is 2. The van der Waals surface area contributed by atoms with Crippen molar-refractivity contribution in [1.29, 1.82) is 0 Å². The van der Waals surface area contributed by atoms with E-state index in [-0.39, 0.29) is 35.7 Å². The van der Waals surface area contributed by atoms with Gasteiger partial charge in [-0.25, -0.2) is 19.6 Å². The van der Waals surface area contributed by atoms with Crippen molar-refractivity contribution in [2.45, 2.75) is 77.5 Å². The normalized spacial score (nSPS) is 18.1. The molecule has 0 bridgehead atoms. The maximum Gasteiger partial charge on any atom is 0.407 e. The van der Waals surface area contributed by atoms with Crippen LogP contribution < -0.4 is 10.6 Å². The summed E-state index contributed by atoms with van der Waals surface area (Å²) in [6, 6.07) is 14.2. The molecule has 5 heterocycles. The van der Waals surface area contributed by atoms with Crippen LogP contribution in [0.3, 0.4) is 0 Å². The van der Waals surface area contributed by atoms with Crippen LogP contribution in [-0.4, -0.2) is 98.1 Å². The van der Waals surface area contributed by atoms with E-state index in [4.69, 9.17) is 24.4 Å². The summed E-state index contributed by atoms with van der Waals surface area (Å²) in [5, 5.41) is 5.40. The van der Waals surface area contributed by atoms with Crippen LogP contribution >= 0.6 is 0 Å². The highest BCUT2D eigenvalue weighted by Gasteiger charge is 2.39. The zero-order chi connectivity index (χ0) is 39.7. The number of hydrogen-bond acceptors (Lipinski definition) is 9. The van der Waals surface area contributed by atoms with Crippen LogP contribution in [0.2, 0.25) is 0 Å². The van der Waals surface area contributed by atoms with E-state index < -0.39 is 24.3 Å². The second-order valence-corrected chi connectivity index (χ2v) is 15.2. The van der Waals surface area contributed by atoms with Crippen molar-refractivity contribution in [3.05, 3.63) is 66.4 Å². The third kappa shape index (κ3) is 7.62. The number of imidazole rings is 2. The third-order valence-electron chi connectivity index (χ3n) is 10.9. The van der Waals surface area contributed by atoms with E-state index in [2.05, 4.69) is 20.6 Å². The smallest absolute Gasteiger partial charge is 0.407 e. The van der Waals surface area contributed by atoms with E-state index in [1.165, 1.54) is 14.2 Å². The van der Waals surface area contributed by atoms with Gasteiger partial charge in [0.05, 0.1) is 54.1 Å². The average molecular weight is 764 g/mol. The van der Waals surface area contributed by atoms with E-state index in [9.17, 15) is 19.2 Å². The number of alkyl carbamates (subject to hydrolysis) is 2. The Kier molecular flexibility index (Phi) is 10.9. The molecule has 0 spiro atoms. The minimum atomic E-state index is -0.700. The number of H-pyrrole nitrogens is 2. The lowest BCUT2D eigenvalue weighted by Gasteiger charge is -2.29. The molecule has 2 aliphatic rings. The molecule has 4 amide bonds. The number of pyridine rings is 1. The monoisotopic (exact) mass is 763 g/mol. The number of methoxy groups -OCH3 is 2. The van der Waals surface area contributed by atoms with Crippen LogP contribution in [-0.2, 0) is 19.1 Å². The zero-order valence-electron chi connectivity index (χ0n) is 32.6. The summed E-state index contributed by atoms with van der Waals surface area (Å²) in [4.78, 5) is 76.3. The number of carbonyl (C=O) groups excluding carboxylic acids is 4. The van der Waals surface area contributed by atoms with Gasteiger partial charge in [-0.2, -0.15) is 0 Å². The summed E-state index contributed by atoms with van der Waals surface area (Å²) in [5.74, 6) is 0.909. The Morgan fingerprint density at radius 3 is 1.59 bits per heavy atom. The first-order chi connectivity index (χ1) is 26.9. The molecular weight excluding hydrogens is 715 g/mol. The topological polar surface area (TPSA) is 188 Å². The highest BCUT2D eigenvalue weighted by molar-refractivity contribution is 5.88. The number of amides is 4. The molecule has 0 aliphatic carbocycles. The first kappa shape index (κ1) is 38.3. The van der Waals surface area contributed by atoms with Gasteiger partial charge in [-0.1, -0.05) is 45.9 Å². The Hall–Kier alpha value is -5.99. The van der Waals surface area contributed by atoms with Gasteiger partial charge in [0.1, 0.15) is 23.7 Å². The summed E-state index contributed by atoms with van der Waals surface area (Å²) in [7, 11) is 2.57. The standard InChI is InChI=1S/C41H49N9O6/c1-22(2)34(47-40(53)55-5)38(51)49-17-7-9-32(49)36-43-28-15-11-24(19-30(28)45-36)26-13-14-27(42-21-26)25-12-16-29-31(20-25)46-37(44-29)33-10-8-18-50(33)39(52)35(23(3)4)48-41(54)56-6/h11-16,19-23,32-35H,7-10,17-18H2,1-6H3,(H,43,45)(H,44,46)(H,47,53)(H,48,54)/t32-,33+,34-,35+/m1/s1. The number of likely N-dealkylation sites (tertiary alicyclic amines) is 2. The quantitative estimate of drug-likeness (QED) is 0.127. The van der Waals surface area contributed by atoms with Crippen molar-refractivity contribution < 1.29 is 28.7 Å². The largest absolute Gasteiger partial charge is 0.453 e. The van der Waals surface area contributed by atoms with Gasteiger partial charge in [-0.05, 0) is 73.4 Å². The highest BCUT2D eigenvalue weighted by Crippen LogP contribution is 2.35. The molecule has 3 aromatic heterocycles. The molecule has 2 saturated heterocycles. The van der Waals surface area contributed by atoms with Gasteiger partial charge in [-0.3, -0.25) is 14.6 Å². The Bertz CT molecular complexity index is 2090. The molecule has 15 heteroatoms. The number of hydrogen-bond donors (Lipinski definition) is 4. The molecule has 0 saturated carbocycles. The van der Waals surface area contributed by atoms with Crippen LogP contribution in [0, 0.1) is 11.8 Å². The second-order valence-electron chi connectivity index (χ2n) is 15.2. The number of rotatable bonds is 10. The van der Waals surface area contributed by atoms with Crippen LogP contribution in [0.4, 0.5) is 9.59 Å². The number of carbonyl (C=O) groups is 4. The van der Waals surface area contributed by atoms with Crippen LogP contribution in [0.1, 0.15) is 77.1 Å². The summed E-state index contributed by atoms with van der Waals surface area (Å²) in [6.07, 6.45) is 3.80. The van der Waals surface area contributed by atoms with Gasteiger partial charge in [0.15, 0.2) is 0 Å². The molecule has 2 fully saturated rings. The molecule has 0 radical (unpaired) electrons. The lowest BCUT2D eigenvalue weighted by molar-refractivity contribution is -0.136. The molecule has 2 aliphatic heterocycles. The maximum absolute atomic E-state index is 13.6. The van der Waals surface area contributed by atoms with E-state index >= 15 is 0 Å². The van der Waals surface area contributed by atoms with E-state index in [0.717, 1.165) is 76.0 Å². The molecule has 15 nitrogen and oxygen atoms in total. The van der Waals surface area contributed by atoms with Crippen LogP contribution in [0.15, 0.2) is 54.7 Å². The summed E-state index contributed by atoms with van der Waals surface area (Å²) >= 11 is 0. The van der Waals surface area contributed by atoms with Crippen molar-refractivity contribution in [2.24, 2.45) is 11.8 Å². The molecule has 7 rings (SSSR count). The molecule has 2 aromatic carbocycles. The fourth-order valence-electron chi connectivity index (χ4n) is 7.83. The van der Waals surface area contributed by atoms with Gasteiger partial charge in [0, 0.05) is 30.4 Å². The fourth-order valence-corrected chi connectivity index (χ4v) is 7.83. The van der Waals surface area contributed by atoms with Crippen molar-refractivity contribution in [3.63, 3.8) is 0 Å². The van der Waals surface area contributed by atoms with Crippen molar-refractivity contribution >= 4 is 46.1 Å². The first-order valence-corrected chi connectivity index (χ1v) is 19.2. The molecule has 56 heavy (non-hydrogen) atoms. The van der Waals surface area contributed by atoms with Crippen LogP contribution in [0.25, 0.3) is 44.5 Å². The predicted octanol–water partition coefficient (Wildman–Crippen LogP) is 6.26. The number of nitrogens with one attached hydrogen (secondary N) is 4. The SMILES string of the molecule is COC(=O)N[C@H](C(=O)N1CCC[C@H]1c1nc2ccc(-c3ccc(-c4ccc5nc([C@H]6CCCN6C(=O)[C@H](NC(=O)OC)C(C)C)[nH]c5c4)cn3)cc2[nH]1)C(C)C. The Labute approximate surface area is 324 Å². The van der Waals surface area contributed by atoms with Gasteiger partial charge < -0.3 is 39.9 Å². The van der Waals surface area contributed by atoms with E-state index in [0.29, 0.717) is 18.9 Å². The van der Waals surface area contributed by atoms with Crippen molar-refractivity contribution in [1.82, 2.24) is 45.4 Å². The number of fused-ring (bicyclic) bond motifs is 2. The molecule has 294 valence electrons. The lowest BCUT2D eigenvalue weighted by atomic mass is 10.0. The number of ether oxygens (including phenoxy) is 2. The lowest BCUT2D eigenvalue weighted by Crippen LogP contribution is -2.51. The zero-order valence-corrected chi connectivity index (χ0v) is 32.6. The minimum absolute atomic E-state index is 0.114. The minimum Gasteiger partial charge on any atom is -0.453 e. The van der Waals surface area contributed by atoms with Crippen molar-refractivity contribution in [3.8, 4) is 22.4 Å². The maximum atomic E-state index is 13.6. The Morgan fingerprint density at radius 1 is 0.679 bits per heavy atom. The highest BCUT2D eigenvalue weighted by atomic mass is 16.5. The fraction of sp³-hybridized carbons (Fsp3) is 0.439. The number of benzene rings is 2. The summed E-state index contributed by atoms with van der Waals surface area (Å²) < 4.78 is 9.53. The predicted molar refractivity (Wildman–Crippen MR) is 210 cm³/mol. The summed E-state index contributed by atoms with van der Waals surface area (Å²) in [5.41, 5.74) is 6.93. The Morgan fingerprint density at radius 2 is 1.14 bits per heavy atom. The molecule has 4 atom stereocenters. The van der Waals surface area contributed by atoms with Gasteiger partial charge >= 0.3 is 12.2 Å². The second kappa shape index (κ2) is 16.0. The molecule has 4 N–H and O–H groups in total. The number of nitrogens with zero attached hydrogens (tertiary/aromatic N) is 5. The van der Waals surface area contributed by atoms with E-state index in [1.54, 1.807) is 4.90 Å². The third-order valence-corrected chi connectivity index (χ3v) is 10.9. The summed E-state index contributed by atoms with van der Waals surface area (Å²) in [6.45, 7) is 8.76. The average Bonchev–Trinajstić information content (AvgIpc) is 4.03. The molecule has 5 aromatic rings. The van der Waals surface area contributed by atoms with Crippen LogP contribution in [0.5, 0.6) is 0 Å². The first-order valence-electron chi connectivity index (χ1n) is 19.2. The number of aromatic nitrogens is 5. The molecule has 0 unspecified atom stereocenters. The van der Waals surface area contributed by atoms with Gasteiger partial charge in [-0.15, -0.1) is 0 Å². The van der Waals surface area contributed by atoms with Gasteiger partial charge in [0.2, 0.25) is 11.8 Å². The Balaban J connectivity index is 1.06. The van der Waals surface area contributed by atoms with Gasteiger partial charge in [0.25, 0.3) is 0 Å². The van der Waals surface area contributed by atoms with Crippen molar-refractivity contribution in [2.75, 3.05) is 27.3 Å². The molecular formula is C41H49N9O6. The van der Waals surface area contributed by atoms with E-state index in [1.807, 2.05) is 87.3 Å².